The molecule has 144 valence electrons. The zero-order chi connectivity index (χ0) is 19.9. The molecule has 3 aromatic heterocycles. The van der Waals surface area contributed by atoms with E-state index in [1.165, 1.54) is 30.4 Å². The van der Waals surface area contributed by atoms with E-state index in [4.69, 9.17) is 16.3 Å². The minimum absolute atomic E-state index is 0.0319. The molecule has 28 heavy (non-hydrogen) atoms. The van der Waals surface area contributed by atoms with Gasteiger partial charge in [0, 0.05) is 29.7 Å². The molecule has 1 aromatic carbocycles. The van der Waals surface area contributed by atoms with Crippen molar-refractivity contribution in [3.8, 4) is 11.6 Å². The number of methoxy groups -OCH3 is 1. The van der Waals surface area contributed by atoms with Crippen LogP contribution in [-0.2, 0) is 17.1 Å². The second kappa shape index (κ2) is 6.80. The second-order valence-corrected chi connectivity index (χ2v) is 8.03. The van der Waals surface area contributed by atoms with Gasteiger partial charge in [0.15, 0.2) is 5.82 Å². The van der Waals surface area contributed by atoms with Crippen LogP contribution in [0.5, 0.6) is 5.75 Å². The van der Waals surface area contributed by atoms with Gasteiger partial charge >= 0.3 is 0 Å². The molecule has 0 amide bonds. The number of fused-ring (bicyclic) bond motifs is 1. The molecular formula is C17H15ClN6O3S. The van der Waals surface area contributed by atoms with Crippen LogP contribution in [0.15, 0.2) is 53.9 Å². The predicted octanol–water partition coefficient (Wildman–Crippen LogP) is 2.62. The quantitative estimate of drug-likeness (QED) is 0.534. The van der Waals surface area contributed by atoms with Crippen LogP contribution in [0.25, 0.3) is 16.7 Å². The van der Waals surface area contributed by atoms with E-state index in [2.05, 4.69) is 19.9 Å². The number of sulfonamides is 1. The first-order chi connectivity index (χ1) is 13.4. The van der Waals surface area contributed by atoms with E-state index in [1.54, 1.807) is 36.1 Å². The molecule has 0 unspecified atom stereocenters. The van der Waals surface area contributed by atoms with Gasteiger partial charge in [-0.1, -0.05) is 11.6 Å². The Morgan fingerprint density at radius 1 is 1.18 bits per heavy atom. The third kappa shape index (κ3) is 3.16. The van der Waals surface area contributed by atoms with Gasteiger partial charge in [-0.2, -0.15) is 10.2 Å². The Balaban J connectivity index is 1.75. The molecular weight excluding hydrogens is 404 g/mol. The number of aromatic nitrogens is 5. The number of halogens is 1. The third-order valence-corrected chi connectivity index (χ3v) is 5.67. The second-order valence-electron chi connectivity index (χ2n) is 5.91. The molecule has 0 radical (unpaired) electrons. The Labute approximate surface area is 165 Å². The van der Waals surface area contributed by atoms with Crippen molar-refractivity contribution in [3.63, 3.8) is 0 Å². The van der Waals surface area contributed by atoms with E-state index in [0.29, 0.717) is 27.8 Å². The maximum atomic E-state index is 13.0. The van der Waals surface area contributed by atoms with Crippen LogP contribution in [0, 0.1) is 0 Å². The van der Waals surface area contributed by atoms with Crippen LogP contribution in [0.2, 0.25) is 5.02 Å². The zero-order valence-electron chi connectivity index (χ0n) is 14.9. The highest BCUT2D eigenvalue weighted by molar-refractivity contribution is 7.92. The van der Waals surface area contributed by atoms with Gasteiger partial charge < -0.3 is 4.74 Å². The number of aryl methyl sites for hydroxylation is 1. The minimum Gasteiger partial charge on any atom is -0.494 e. The standard InChI is InChI=1S/C17H15ClN6O3S/c1-23-17-11(8-20-23)3-4-14(27-2)16(17)22-28(25,26)13-9-21-24(10-13)15-7-12(18)5-6-19-15/h3-10,22H,1-2H3. The summed E-state index contributed by atoms with van der Waals surface area (Å²) in [5.74, 6) is 0.781. The molecule has 0 saturated heterocycles. The monoisotopic (exact) mass is 418 g/mol. The Kier molecular flexibility index (Phi) is 4.44. The molecule has 0 saturated carbocycles. The number of pyridine rings is 1. The lowest BCUT2D eigenvalue weighted by atomic mass is 10.2. The topological polar surface area (TPSA) is 104 Å². The number of rotatable bonds is 5. The van der Waals surface area contributed by atoms with Crippen molar-refractivity contribution in [1.29, 1.82) is 0 Å². The van der Waals surface area contributed by atoms with E-state index in [1.807, 2.05) is 6.07 Å². The fourth-order valence-corrected chi connectivity index (χ4v) is 3.96. The molecule has 9 nitrogen and oxygen atoms in total. The molecule has 0 aliphatic carbocycles. The van der Waals surface area contributed by atoms with Gasteiger partial charge in [-0.15, -0.1) is 0 Å². The van der Waals surface area contributed by atoms with Crippen LogP contribution < -0.4 is 9.46 Å². The molecule has 0 atom stereocenters. The highest BCUT2D eigenvalue weighted by Gasteiger charge is 2.22. The van der Waals surface area contributed by atoms with Gasteiger partial charge in [-0.3, -0.25) is 9.40 Å². The van der Waals surface area contributed by atoms with Crippen molar-refractivity contribution in [2.45, 2.75) is 4.90 Å². The lowest BCUT2D eigenvalue weighted by molar-refractivity contribution is 0.417. The Morgan fingerprint density at radius 3 is 2.75 bits per heavy atom. The molecule has 0 aliphatic heterocycles. The lowest BCUT2D eigenvalue weighted by Gasteiger charge is -2.13. The maximum Gasteiger partial charge on any atom is 0.265 e. The molecule has 1 N–H and O–H groups in total. The van der Waals surface area contributed by atoms with Gasteiger partial charge in [0.1, 0.15) is 16.3 Å². The number of hydrogen-bond acceptors (Lipinski definition) is 6. The molecule has 0 fully saturated rings. The first-order valence-electron chi connectivity index (χ1n) is 8.07. The number of ether oxygens (including phenoxy) is 1. The Hall–Kier alpha value is -3.11. The van der Waals surface area contributed by atoms with Crippen LogP contribution in [0.4, 0.5) is 5.69 Å². The van der Waals surface area contributed by atoms with E-state index < -0.39 is 10.0 Å². The van der Waals surface area contributed by atoms with Gasteiger partial charge in [0.2, 0.25) is 0 Å². The van der Waals surface area contributed by atoms with Crippen molar-refractivity contribution in [1.82, 2.24) is 24.5 Å². The molecule has 3 heterocycles. The van der Waals surface area contributed by atoms with Gasteiger partial charge in [0.25, 0.3) is 10.0 Å². The molecule has 0 spiro atoms. The highest BCUT2D eigenvalue weighted by atomic mass is 35.5. The van der Waals surface area contributed by atoms with E-state index in [9.17, 15) is 8.42 Å². The Morgan fingerprint density at radius 2 is 2.00 bits per heavy atom. The average Bonchev–Trinajstić information content (AvgIpc) is 3.30. The number of hydrogen-bond donors (Lipinski definition) is 1. The fraction of sp³-hybridized carbons (Fsp3) is 0.118. The van der Waals surface area contributed by atoms with E-state index in [0.717, 1.165) is 5.39 Å². The minimum atomic E-state index is -3.94. The third-order valence-electron chi connectivity index (χ3n) is 4.13. The normalized spacial score (nSPS) is 11.7. The molecule has 11 heteroatoms. The van der Waals surface area contributed by atoms with Crippen molar-refractivity contribution in [2.75, 3.05) is 11.8 Å². The van der Waals surface area contributed by atoms with Crippen molar-refractivity contribution < 1.29 is 13.2 Å². The summed E-state index contributed by atoms with van der Waals surface area (Å²) >= 11 is 5.96. The van der Waals surface area contributed by atoms with Gasteiger partial charge in [0.05, 0.1) is 31.2 Å². The van der Waals surface area contributed by atoms with E-state index in [-0.39, 0.29) is 4.90 Å². The largest absolute Gasteiger partial charge is 0.494 e. The van der Waals surface area contributed by atoms with Gasteiger partial charge in [-0.25, -0.2) is 18.1 Å². The van der Waals surface area contributed by atoms with Gasteiger partial charge in [-0.05, 0) is 18.2 Å². The zero-order valence-corrected chi connectivity index (χ0v) is 16.4. The van der Waals surface area contributed by atoms with E-state index >= 15 is 0 Å². The summed E-state index contributed by atoms with van der Waals surface area (Å²) in [5, 5.41) is 9.50. The summed E-state index contributed by atoms with van der Waals surface area (Å²) in [4.78, 5) is 4.10. The molecule has 0 bridgehead atoms. The predicted molar refractivity (Wildman–Crippen MR) is 104 cm³/mol. The highest BCUT2D eigenvalue weighted by Crippen LogP contribution is 2.34. The molecule has 4 aromatic rings. The number of nitrogens with zero attached hydrogens (tertiary/aromatic N) is 5. The summed E-state index contributed by atoms with van der Waals surface area (Å²) in [7, 11) is -0.749. The number of benzene rings is 1. The first kappa shape index (κ1) is 18.3. The summed E-state index contributed by atoms with van der Waals surface area (Å²) in [6.07, 6.45) is 5.76. The molecule has 0 aliphatic rings. The Bertz CT molecular complexity index is 1280. The maximum absolute atomic E-state index is 13.0. The summed E-state index contributed by atoms with van der Waals surface area (Å²) in [6, 6.07) is 6.69. The van der Waals surface area contributed by atoms with Crippen LogP contribution >= 0.6 is 11.6 Å². The lowest BCUT2D eigenvalue weighted by Crippen LogP contribution is -2.14. The molecule has 4 rings (SSSR count). The SMILES string of the molecule is COc1ccc2cnn(C)c2c1NS(=O)(=O)c1cnn(-c2cc(Cl)ccn2)c1. The average molecular weight is 419 g/mol. The summed E-state index contributed by atoms with van der Waals surface area (Å²) < 4.78 is 36.8. The van der Waals surface area contributed by atoms with Crippen LogP contribution in [0.3, 0.4) is 0 Å². The number of nitrogens with one attached hydrogen (secondary N) is 1. The smallest absolute Gasteiger partial charge is 0.265 e. The van der Waals surface area contributed by atoms with Crippen LogP contribution in [-0.4, -0.2) is 40.1 Å². The van der Waals surface area contributed by atoms with Crippen molar-refractivity contribution >= 4 is 38.2 Å². The first-order valence-corrected chi connectivity index (χ1v) is 9.93. The summed E-state index contributed by atoms with van der Waals surface area (Å²) in [6.45, 7) is 0. The summed E-state index contributed by atoms with van der Waals surface area (Å²) in [5.41, 5.74) is 0.903. The number of anilines is 1. The fourth-order valence-electron chi connectivity index (χ4n) is 2.80. The van der Waals surface area contributed by atoms with Crippen LogP contribution in [0.1, 0.15) is 0 Å². The van der Waals surface area contributed by atoms with Crippen molar-refractivity contribution in [2.24, 2.45) is 7.05 Å². The van der Waals surface area contributed by atoms with Crippen molar-refractivity contribution in [3.05, 3.63) is 54.1 Å².